The largest absolute Gasteiger partial charge is 0.353 e. The molecule has 0 saturated heterocycles. The van der Waals surface area contributed by atoms with Crippen LogP contribution in [-0.4, -0.2) is 12.0 Å². The molecule has 0 saturated carbocycles. The highest BCUT2D eigenvalue weighted by Gasteiger charge is 2.16. The number of alkyl halides is 1. The van der Waals surface area contributed by atoms with Crippen LogP contribution >= 0.6 is 34.8 Å². The zero-order valence-electron chi connectivity index (χ0n) is 11.3. The summed E-state index contributed by atoms with van der Waals surface area (Å²) in [5, 5.41) is 1.33. The van der Waals surface area contributed by atoms with Crippen molar-refractivity contribution >= 4 is 40.6 Å². The Balaban J connectivity index is 2.31. The second-order valence-corrected chi connectivity index (χ2v) is 5.62. The molecule has 0 spiro atoms. The first-order valence-electron chi connectivity index (χ1n) is 6.23. The Kier molecular flexibility index (Phi) is 5.14. The lowest BCUT2D eigenvalue weighted by Gasteiger charge is -2.27. The number of pyridine rings is 1. The Bertz CT molecular complexity index is 601. The van der Waals surface area contributed by atoms with E-state index in [2.05, 4.69) is 11.9 Å². The predicted molar refractivity (Wildman–Crippen MR) is 87.1 cm³/mol. The second kappa shape index (κ2) is 6.66. The summed E-state index contributed by atoms with van der Waals surface area (Å²) in [6.45, 7) is 2.08. The summed E-state index contributed by atoms with van der Waals surface area (Å²) >= 11 is 18.1. The third-order valence-electron chi connectivity index (χ3n) is 3.33. The highest BCUT2D eigenvalue weighted by atomic mass is 35.5. The summed E-state index contributed by atoms with van der Waals surface area (Å²) in [5.74, 6) is 1.11. The maximum atomic E-state index is 6.25. The Morgan fingerprint density at radius 2 is 1.80 bits per heavy atom. The van der Waals surface area contributed by atoms with Crippen LogP contribution in [0.3, 0.4) is 0 Å². The molecule has 0 radical (unpaired) electrons. The van der Waals surface area contributed by atoms with Gasteiger partial charge in [0.15, 0.2) is 0 Å². The minimum absolute atomic E-state index is 0.0977. The van der Waals surface area contributed by atoms with Crippen LogP contribution in [-0.2, 0) is 5.88 Å². The number of rotatable bonds is 4. The first kappa shape index (κ1) is 15.4. The fourth-order valence-electron chi connectivity index (χ4n) is 1.98. The first-order chi connectivity index (χ1) is 9.54. The maximum Gasteiger partial charge on any atom is 0.129 e. The van der Waals surface area contributed by atoms with Crippen LogP contribution in [0.4, 0.5) is 5.82 Å². The molecule has 0 N–H and O–H groups in total. The number of nitrogens with zero attached hydrogens (tertiary/aromatic N) is 2. The van der Waals surface area contributed by atoms with Crippen molar-refractivity contribution < 1.29 is 0 Å². The molecule has 0 aliphatic carbocycles. The maximum absolute atomic E-state index is 6.25. The number of aromatic nitrogens is 1. The van der Waals surface area contributed by atoms with Gasteiger partial charge in [-0.25, -0.2) is 4.98 Å². The minimum atomic E-state index is 0.0977. The van der Waals surface area contributed by atoms with E-state index in [0.717, 1.165) is 16.4 Å². The van der Waals surface area contributed by atoms with Crippen molar-refractivity contribution in [1.82, 2.24) is 4.98 Å². The summed E-state index contributed by atoms with van der Waals surface area (Å²) in [6.07, 6.45) is 0. The van der Waals surface area contributed by atoms with Gasteiger partial charge in [0.05, 0.1) is 22.6 Å². The monoisotopic (exact) mass is 328 g/mol. The summed E-state index contributed by atoms with van der Waals surface area (Å²) in [4.78, 5) is 6.54. The van der Waals surface area contributed by atoms with E-state index in [1.165, 1.54) is 0 Å². The summed E-state index contributed by atoms with van der Waals surface area (Å²) in [7, 11) is 1.97. The number of anilines is 1. The van der Waals surface area contributed by atoms with Gasteiger partial charge in [-0.05, 0) is 30.7 Å². The van der Waals surface area contributed by atoms with Crippen LogP contribution in [0.2, 0.25) is 10.0 Å². The molecule has 2 rings (SSSR count). The number of benzene rings is 1. The number of hydrogen-bond donors (Lipinski definition) is 0. The van der Waals surface area contributed by atoms with Gasteiger partial charge in [-0.15, -0.1) is 11.6 Å². The van der Waals surface area contributed by atoms with Gasteiger partial charge >= 0.3 is 0 Å². The quantitative estimate of drug-likeness (QED) is 0.705. The van der Waals surface area contributed by atoms with Crippen molar-refractivity contribution in [2.45, 2.75) is 18.8 Å². The number of hydrogen-bond acceptors (Lipinski definition) is 2. The van der Waals surface area contributed by atoms with Crippen LogP contribution in [0.25, 0.3) is 0 Å². The zero-order valence-corrected chi connectivity index (χ0v) is 13.5. The molecule has 1 atom stereocenters. The molecule has 5 heteroatoms. The molecule has 20 heavy (non-hydrogen) atoms. The van der Waals surface area contributed by atoms with Crippen molar-refractivity contribution in [2.75, 3.05) is 11.9 Å². The topological polar surface area (TPSA) is 16.1 Å². The normalized spacial score (nSPS) is 12.2. The van der Waals surface area contributed by atoms with Crippen molar-refractivity contribution in [3.05, 3.63) is 57.7 Å². The van der Waals surface area contributed by atoms with Gasteiger partial charge in [-0.1, -0.05) is 41.4 Å². The first-order valence-corrected chi connectivity index (χ1v) is 7.52. The van der Waals surface area contributed by atoms with E-state index < -0.39 is 0 Å². The SMILES string of the molecule is CC(c1ccccc1Cl)N(C)c1ccc(Cl)c(CCl)n1. The van der Waals surface area contributed by atoms with Gasteiger partial charge < -0.3 is 4.90 Å². The molecular formula is C15H15Cl3N2. The average molecular weight is 330 g/mol. The van der Waals surface area contributed by atoms with E-state index >= 15 is 0 Å². The molecule has 1 aromatic heterocycles. The van der Waals surface area contributed by atoms with E-state index in [4.69, 9.17) is 34.8 Å². The van der Waals surface area contributed by atoms with Crippen LogP contribution < -0.4 is 4.90 Å². The van der Waals surface area contributed by atoms with Crippen LogP contribution in [0.1, 0.15) is 24.2 Å². The molecule has 1 unspecified atom stereocenters. The van der Waals surface area contributed by atoms with Gasteiger partial charge in [0.25, 0.3) is 0 Å². The van der Waals surface area contributed by atoms with E-state index in [1.807, 2.05) is 48.3 Å². The van der Waals surface area contributed by atoms with Gasteiger partial charge in [0.2, 0.25) is 0 Å². The third-order valence-corrected chi connectivity index (χ3v) is 4.27. The predicted octanol–water partition coefficient (Wildman–Crippen LogP) is 5.32. The van der Waals surface area contributed by atoms with E-state index in [9.17, 15) is 0 Å². The lowest BCUT2D eigenvalue weighted by Crippen LogP contribution is -2.23. The highest BCUT2D eigenvalue weighted by molar-refractivity contribution is 6.32. The molecule has 0 bridgehead atoms. The molecule has 0 aliphatic heterocycles. The van der Waals surface area contributed by atoms with E-state index in [0.29, 0.717) is 16.6 Å². The zero-order chi connectivity index (χ0) is 14.7. The minimum Gasteiger partial charge on any atom is -0.353 e. The lowest BCUT2D eigenvalue weighted by atomic mass is 10.1. The molecule has 2 aromatic rings. The van der Waals surface area contributed by atoms with Crippen molar-refractivity contribution in [3.63, 3.8) is 0 Å². The summed E-state index contributed by atoms with van der Waals surface area (Å²) in [6, 6.07) is 11.6. The Hall–Kier alpha value is -0.960. The Morgan fingerprint density at radius 3 is 2.45 bits per heavy atom. The second-order valence-electron chi connectivity index (χ2n) is 4.54. The Labute approximate surface area is 134 Å². The van der Waals surface area contributed by atoms with Gasteiger partial charge in [-0.2, -0.15) is 0 Å². The molecule has 1 aromatic carbocycles. The van der Waals surface area contributed by atoms with Gasteiger partial charge in [-0.3, -0.25) is 0 Å². The molecule has 0 fully saturated rings. The molecule has 106 valence electrons. The summed E-state index contributed by atoms with van der Waals surface area (Å²) < 4.78 is 0. The van der Waals surface area contributed by atoms with Crippen molar-refractivity contribution in [2.24, 2.45) is 0 Å². The van der Waals surface area contributed by atoms with Crippen molar-refractivity contribution in [1.29, 1.82) is 0 Å². The summed E-state index contributed by atoms with van der Waals surface area (Å²) in [5.41, 5.74) is 1.74. The van der Waals surface area contributed by atoms with E-state index in [1.54, 1.807) is 0 Å². The van der Waals surface area contributed by atoms with Gasteiger partial charge in [0.1, 0.15) is 5.82 Å². The third kappa shape index (κ3) is 3.20. The van der Waals surface area contributed by atoms with Crippen LogP contribution in [0.15, 0.2) is 36.4 Å². The smallest absolute Gasteiger partial charge is 0.129 e. The number of halogens is 3. The fourth-order valence-corrected chi connectivity index (χ4v) is 2.72. The molecule has 0 aliphatic rings. The average Bonchev–Trinajstić information content (AvgIpc) is 2.47. The van der Waals surface area contributed by atoms with E-state index in [-0.39, 0.29) is 6.04 Å². The molecule has 1 heterocycles. The van der Waals surface area contributed by atoms with Gasteiger partial charge in [0, 0.05) is 12.1 Å². The highest BCUT2D eigenvalue weighted by Crippen LogP contribution is 2.30. The molecule has 0 amide bonds. The molecule has 2 nitrogen and oxygen atoms in total. The van der Waals surface area contributed by atoms with Crippen molar-refractivity contribution in [3.8, 4) is 0 Å². The molecular weight excluding hydrogens is 315 g/mol. The van der Waals surface area contributed by atoms with Crippen LogP contribution in [0, 0.1) is 0 Å². The Morgan fingerprint density at radius 1 is 1.10 bits per heavy atom. The standard InChI is InChI=1S/C15H15Cl3N2/c1-10(11-5-3-4-6-12(11)17)20(2)15-8-7-13(18)14(9-16)19-15/h3-8,10H,9H2,1-2H3. The lowest BCUT2D eigenvalue weighted by molar-refractivity contribution is 0.727. The fraction of sp³-hybridized carbons (Fsp3) is 0.267. The van der Waals surface area contributed by atoms with Crippen LogP contribution in [0.5, 0.6) is 0 Å².